The Hall–Kier alpha value is -2.05. The van der Waals surface area contributed by atoms with Crippen molar-refractivity contribution >= 4 is 35.0 Å². The number of carboxylic acids is 1. The molecule has 5 nitrogen and oxygen atoms in total. The quantitative estimate of drug-likeness (QED) is 0.640. The van der Waals surface area contributed by atoms with Gasteiger partial charge in [0, 0.05) is 16.5 Å². The highest BCUT2D eigenvalue weighted by Gasteiger charge is 2.17. The molecular formula is C13H7ClNO4S-. The van der Waals surface area contributed by atoms with Crippen LogP contribution in [0.15, 0.2) is 52.3 Å². The number of carbonyl (C=O) groups is 1. The lowest BCUT2D eigenvalue weighted by atomic mass is 10.2. The molecule has 0 fully saturated rings. The third kappa shape index (κ3) is 3.09. The summed E-state index contributed by atoms with van der Waals surface area (Å²) in [6.07, 6.45) is 0. The molecule has 0 amide bonds. The first-order valence-electron chi connectivity index (χ1n) is 5.41. The van der Waals surface area contributed by atoms with Crippen LogP contribution in [0.4, 0.5) is 5.69 Å². The van der Waals surface area contributed by atoms with Crippen LogP contribution >= 0.6 is 23.4 Å². The maximum absolute atomic E-state index is 11.0. The average molecular weight is 309 g/mol. The number of halogens is 1. The van der Waals surface area contributed by atoms with Crippen LogP contribution in [-0.4, -0.2) is 10.9 Å². The Kier molecular flexibility index (Phi) is 4.26. The zero-order valence-electron chi connectivity index (χ0n) is 9.91. The molecule has 102 valence electrons. The first kappa shape index (κ1) is 14.4. The van der Waals surface area contributed by atoms with E-state index in [1.54, 1.807) is 24.3 Å². The molecule has 0 unspecified atom stereocenters. The van der Waals surface area contributed by atoms with Crippen LogP contribution < -0.4 is 5.11 Å². The smallest absolute Gasteiger partial charge is 0.283 e. The summed E-state index contributed by atoms with van der Waals surface area (Å²) >= 11 is 7.10. The van der Waals surface area contributed by atoms with Gasteiger partial charge in [0.2, 0.25) is 0 Å². The number of carboxylic acid groups (broad SMARTS) is 1. The van der Waals surface area contributed by atoms with Gasteiger partial charge < -0.3 is 9.90 Å². The summed E-state index contributed by atoms with van der Waals surface area (Å²) in [5.74, 6) is -1.46. The monoisotopic (exact) mass is 308 g/mol. The molecule has 0 N–H and O–H groups in total. The lowest BCUT2D eigenvalue weighted by Gasteiger charge is -2.07. The molecule has 0 atom stereocenters. The largest absolute Gasteiger partial charge is 0.545 e. The number of hydrogen-bond acceptors (Lipinski definition) is 5. The van der Waals surface area contributed by atoms with E-state index in [-0.39, 0.29) is 11.3 Å². The number of nitro benzene ring substituents is 1. The van der Waals surface area contributed by atoms with Gasteiger partial charge in [-0.15, -0.1) is 0 Å². The maximum Gasteiger partial charge on any atom is 0.283 e. The fourth-order valence-corrected chi connectivity index (χ4v) is 2.69. The van der Waals surface area contributed by atoms with Crippen molar-refractivity contribution in [1.82, 2.24) is 0 Å². The lowest BCUT2D eigenvalue weighted by molar-refractivity contribution is -0.387. The van der Waals surface area contributed by atoms with Crippen molar-refractivity contribution in [2.45, 2.75) is 9.79 Å². The van der Waals surface area contributed by atoms with Gasteiger partial charge in [0.25, 0.3) is 5.69 Å². The van der Waals surface area contributed by atoms with E-state index < -0.39 is 10.9 Å². The highest BCUT2D eigenvalue weighted by atomic mass is 35.5. The van der Waals surface area contributed by atoms with Crippen molar-refractivity contribution in [2.75, 3.05) is 0 Å². The molecule has 0 saturated carbocycles. The summed E-state index contributed by atoms with van der Waals surface area (Å²) in [5.41, 5.74) is -0.531. The Balaban J connectivity index is 2.44. The Morgan fingerprint density at radius 3 is 2.45 bits per heavy atom. The highest BCUT2D eigenvalue weighted by molar-refractivity contribution is 7.99. The van der Waals surface area contributed by atoms with Crippen LogP contribution in [0.5, 0.6) is 0 Å². The molecule has 7 heteroatoms. The van der Waals surface area contributed by atoms with Crippen molar-refractivity contribution in [3.8, 4) is 0 Å². The van der Waals surface area contributed by atoms with Crippen LogP contribution in [0.3, 0.4) is 0 Å². The first-order chi connectivity index (χ1) is 9.49. The van der Waals surface area contributed by atoms with Crippen molar-refractivity contribution in [3.63, 3.8) is 0 Å². The molecular weight excluding hydrogens is 302 g/mol. The number of nitrogens with zero attached hydrogens (tertiary/aromatic N) is 1. The highest BCUT2D eigenvalue weighted by Crippen LogP contribution is 2.38. The summed E-state index contributed by atoms with van der Waals surface area (Å²) in [6.45, 7) is 0. The van der Waals surface area contributed by atoms with Gasteiger partial charge in [-0.1, -0.05) is 41.6 Å². The van der Waals surface area contributed by atoms with E-state index in [0.29, 0.717) is 14.8 Å². The predicted octanol–water partition coefficient (Wildman–Crippen LogP) is 2.76. The van der Waals surface area contributed by atoms with Crippen molar-refractivity contribution in [1.29, 1.82) is 0 Å². The SMILES string of the molecule is O=C([O-])c1ccc(Sc2ccccc2Cl)c([N+](=O)[O-])c1. The van der Waals surface area contributed by atoms with Gasteiger partial charge in [0.1, 0.15) is 0 Å². The van der Waals surface area contributed by atoms with Crippen LogP contribution in [0.1, 0.15) is 10.4 Å². The third-order valence-electron chi connectivity index (χ3n) is 2.45. The lowest BCUT2D eigenvalue weighted by Crippen LogP contribution is -2.22. The molecule has 0 bridgehead atoms. The number of hydrogen-bond donors (Lipinski definition) is 0. The van der Waals surface area contributed by atoms with Crippen molar-refractivity contribution in [3.05, 3.63) is 63.2 Å². The van der Waals surface area contributed by atoms with Gasteiger partial charge in [0.05, 0.1) is 20.8 Å². The van der Waals surface area contributed by atoms with Gasteiger partial charge in [0.15, 0.2) is 0 Å². The average Bonchev–Trinajstić information content (AvgIpc) is 2.41. The number of nitro groups is 1. The second-order valence-electron chi connectivity index (χ2n) is 3.76. The summed E-state index contributed by atoms with van der Waals surface area (Å²) in [5, 5.41) is 22.2. The van der Waals surface area contributed by atoms with Gasteiger partial charge in [-0.3, -0.25) is 10.1 Å². The molecule has 0 saturated heterocycles. The van der Waals surface area contributed by atoms with E-state index in [4.69, 9.17) is 11.6 Å². The van der Waals surface area contributed by atoms with Gasteiger partial charge >= 0.3 is 0 Å². The Morgan fingerprint density at radius 1 is 1.15 bits per heavy atom. The zero-order chi connectivity index (χ0) is 14.7. The van der Waals surface area contributed by atoms with Gasteiger partial charge in [-0.05, 0) is 18.2 Å². The molecule has 0 aliphatic carbocycles. The molecule has 0 aliphatic heterocycles. The maximum atomic E-state index is 11.0. The molecule has 2 rings (SSSR count). The number of benzene rings is 2. The topological polar surface area (TPSA) is 83.3 Å². The molecule has 20 heavy (non-hydrogen) atoms. The third-order valence-corrected chi connectivity index (χ3v) is 4.03. The number of carbonyl (C=O) groups excluding carboxylic acids is 1. The second kappa shape index (κ2) is 5.94. The van der Waals surface area contributed by atoms with Gasteiger partial charge in [-0.2, -0.15) is 0 Å². The van der Waals surface area contributed by atoms with Crippen molar-refractivity contribution in [2.24, 2.45) is 0 Å². The van der Waals surface area contributed by atoms with E-state index in [0.717, 1.165) is 17.8 Å². The summed E-state index contributed by atoms with van der Waals surface area (Å²) in [4.78, 5) is 22.1. The van der Waals surface area contributed by atoms with Crippen LogP contribution in [-0.2, 0) is 0 Å². The Labute approximate surface area is 123 Å². The van der Waals surface area contributed by atoms with Crippen LogP contribution in [0, 0.1) is 10.1 Å². The first-order valence-corrected chi connectivity index (χ1v) is 6.60. The van der Waals surface area contributed by atoms with E-state index in [1.165, 1.54) is 12.1 Å². The van der Waals surface area contributed by atoms with E-state index >= 15 is 0 Å². The standard InChI is InChI=1S/C13H8ClNO4S/c14-9-3-1-2-4-11(9)20-12-6-5-8(13(16)17)7-10(12)15(18)19/h1-7H,(H,16,17)/p-1. The molecule has 0 heterocycles. The van der Waals surface area contributed by atoms with Crippen LogP contribution in [0.25, 0.3) is 0 Å². The zero-order valence-corrected chi connectivity index (χ0v) is 11.5. The molecule has 0 radical (unpaired) electrons. The molecule has 0 aliphatic rings. The minimum atomic E-state index is -1.46. The molecule has 2 aromatic rings. The molecule has 0 aromatic heterocycles. The summed E-state index contributed by atoms with van der Waals surface area (Å²) < 4.78 is 0. The Morgan fingerprint density at radius 2 is 1.85 bits per heavy atom. The second-order valence-corrected chi connectivity index (χ2v) is 5.25. The van der Waals surface area contributed by atoms with Crippen molar-refractivity contribution < 1.29 is 14.8 Å². The predicted molar refractivity (Wildman–Crippen MR) is 73.0 cm³/mol. The van der Waals surface area contributed by atoms with E-state index in [1.807, 2.05) is 0 Å². The number of rotatable bonds is 4. The van der Waals surface area contributed by atoms with E-state index in [9.17, 15) is 20.0 Å². The van der Waals surface area contributed by atoms with Crippen LogP contribution in [0.2, 0.25) is 5.02 Å². The van der Waals surface area contributed by atoms with Gasteiger partial charge in [-0.25, -0.2) is 0 Å². The molecule has 0 spiro atoms. The molecule has 2 aromatic carbocycles. The fourth-order valence-electron chi connectivity index (χ4n) is 1.52. The summed E-state index contributed by atoms with van der Waals surface area (Å²) in [6, 6.07) is 10.5. The normalized spacial score (nSPS) is 10.2. The number of aromatic carboxylic acids is 1. The minimum absolute atomic E-state index is 0.236. The minimum Gasteiger partial charge on any atom is -0.545 e. The Bertz CT molecular complexity index is 690. The fraction of sp³-hybridized carbons (Fsp3) is 0. The van der Waals surface area contributed by atoms with E-state index in [2.05, 4.69) is 0 Å². The summed E-state index contributed by atoms with van der Waals surface area (Å²) in [7, 11) is 0.